The van der Waals surface area contributed by atoms with Gasteiger partial charge in [0.15, 0.2) is 0 Å². The zero-order valence-electron chi connectivity index (χ0n) is 17.6. The molecule has 7 nitrogen and oxygen atoms in total. The molecule has 1 saturated carbocycles. The number of nitrogens with zero attached hydrogens (tertiary/aromatic N) is 4. The molecule has 0 radical (unpaired) electrons. The summed E-state index contributed by atoms with van der Waals surface area (Å²) >= 11 is 6.37. The number of carbonyl (C=O) groups excluding carboxylic acids is 1. The van der Waals surface area contributed by atoms with Crippen LogP contribution in [0.4, 0.5) is 11.5 Å². The number of anilines is 2. The molecule has 2 fully saturated rings. The van der Waals surface area contributed by atoms with Crippen molar-refractivity contribution in [1.29, 1.82) is 0 Å². The predicted octanol–water partition coefficient (Wildman–Crippen LogP) is 4.86. The van der Waals surface area contributed by atoms with Gasteiger partial charge in [0.1, 0.15) is 18.2 Å². The number of piperidine rings is 1. The Hall–Kier alpha value is -3.19. The highest BCUT2D eigenvalue weighted by Gasteiger charge is 2.26. The van der Waals surface area contributed by atoms with Gasteiger partial charge >= 0.3 is 0 Å². The summed E-state index contributed by atoms with van der Waals surface area (Å²) in [7, 11) is 0. The number of rotatable bonds is 6. The predicted molar refractivity (Wildman–Crippen MR) is 124 cm³/mol. The van der Waals surface area contributed by atoms with Gasteiger partial charge in [-0.05, 0) is 48.6 Å². The Bertz CT molecular complexity index is 1170. The second kappa shape index (κ2) is 8.74. The Morgan fingerprint density at radius 3 is 2.72 bits per heavy atom. The van der Waals surface area contributed by atoms with Gasteiger partial charge in [-0.25, -0.2) is 15.0 Å². The number of aromatic nitrogens is 3. The Morgan fingerprint density at radius 2 is 1.97 bits per heavy atom. The van der Waals surface area contributed by atoms with Gasteiger partial charge in [-0.3, -0.25) is 4.79 Å². The van der Waals surface area contributed by atoms with Gasteiger partial charge in [0.2, 0.25) is 11.8 Å². The van der Waals surface area contributed by atoms with Crippen molar-refractivity contribution in [3.63, 3.8) is 0 Å². The normalized spacial score (nSPS) is 16.7. The largest absolute Gasteiger partial charge is 0.474 e. The molecule has 1 aliphatic heterocycles. The van der Waals surface area contributed by atoms with Crippen molar-refractivity contribution in [2.24, 2.45) is 0 Å². The minimum absolute atomic E-state index is 0.00669. The molecule has 2 aliphatic rings. The molecular weight excluding hydrogens is 426 g/mol. The van der Waals surface area contributed by atoms with Crippen molar-refractivity contribution in [1.82, 2.24) is 19.9 Å². The molecule has 8 heteroatoms. The number of ether oxygens (including phenoxy) is 1. The molecule has 164 valence electrons. The maximum atomic E-state index is 11.8. The van der Waals surface area contributed by atoms with Gasteiger partial charge in [0.25, 0.3) is 0 Å². The third kappa shape index (κ3) is 4.39. The van der Waals surface area contributed by atoms with Crippen molar-refractivity contribution < 1.29 is 9.53 Å². The number of hydrogen-bond donors (Lipinski definition) is 1. The zero-order valence-corrected chi connectivity index (χ0v) is 18.4. The number of benzene rings is 1. The highest BCUT2D eigenvalue weighted by atomic mass is 35.5. The van der Waals surface area contributed by atoms with Crippen LogP contribution in [0.5, 0.6) is 5.88 Å². The third-order valence-electron chi connectivity index (χ3n) is 5.99. The minimum Gasteiger partial charge on any atom is -0.474 e. The van der Waals surface area contributed by atoms with Crippen LogP contribution in [0, 0.1) is 0 Å². The number of likely N-dealkylation sites (tertiary alicyclic amines) is 1. The van der Waals surface area contributed by atoms with Crippen LogP contribution in [0.3, 0.4) is 0 Å². The molecule has 0 unspecified atom stereocenters. The van der Waals surface area contributed by atoms with E-state index in [1.54, 1.807) is 11.1 Å². The molecule has 0 bridgehead atoms. The van der Waals surface area contributed by atoms with Crippen LogP contribution >= 0.6 is 11.6 Å². The van der Waals surface area contributed by atoms with E-state index >= 15 is 0 Å². The monoisotopic (exact) mass is 449 g/mol. The number of fused-ring (bicyclic) bond motifs is 1. The SMILES string of the molecule is C=CC(=O)N1CCC(Oc2cc3c(Nc4ccc(Cl)c(C5CC5)c4)ncnc3cn2)CC1. The molecule has 2 aromatic heterocycles. The summed E-state index contributed by atoms with van der Waals surface area (Å²) in [6.07, 6.45) is 8.47. The van der Waals surface area contributed by atoms with Crippen molar-refractivity contribution in [3.8, 4) is 5.88 Å². The van der Waals surface area contributed by atoms with E-state index in [1.807, 2.05) is 18.2 Å². The van der Waals surface area contributed by atoms with Gasteiger partial charge in [-0.1, -0.05) is 18.2 Å². The van der Waals surface area contributed by atoms with Crippen molar-refractivity contribution >= 4 is 39.9 Å². The zero-order chi connectivity index (χ0) is 22.1. The fourth-order valence-corrected chi connectivity index (χ4v) is 4.34. The molecule has 1 amide bonds. The van der Waals surface area contributed by atoms with E-state index < -0.39 is 0 Å². The summed E-state index contributed by atoms with van der Waals surface area (Å²) in [5.41, 5.74) is 2.86. The highest BCUT2D eigenvalue weighted by molar-refractivity contribution is 6.31. The summed E-state index contributed by atoms with van der Waals surface area (Å²) in [6.45, 7) is 4.86. The van der Waals surface area contributed by atoms with Crippen LogP contribution in [0.2, 0.25) is 5.02 Å². The second-order valence-corrected chi connectivity index (χ2v) is 8.65. The number of hydrogen-bond acceptors (Lipinski definition) is 6. The highest BCUT2D eigenvalue weighted by Crippen LogP contribution is 2.44. The van der Waals surface area contributed by atoms with Crippen molar-refractivity contribution in [2.75, 3.05) is 18.4 Å². The summed E-state index contributed by atoms with van der Waals surface area (Å²) in [4.78, 5) is 26.8. The quantitative estimate of drug-likeness (QED) is 0.541. The first kappa shape index (κ1) is 20.7. The maximum Gasteiger partial charge on any atom is 0.245 e. The van der Waals surface area contributed by atoms with Gasteiger partial charge in [-0.2, -0.15) is 0 Å². The van der Waals surface area contributed by atoms with E-state index in [-0.39, 0.29) is 12.0 Å². The number of pyridine rings is 1. The topological polar surface area (TPSA) is 80.2 Å². The summed E-state index contributed by atoms with van der Waals surface area (Å²) in [5.74, 6) is 1.74. The maximum absolute atomic E-state index is 11.8. The molecule has 32 heavy (non-hydrogen) atoms. The number of amides is 1. The average molecular weight is 450 g/mol. The number of halogens is 1. The van der Waals surface area contributed by atoms with Crippen molar-refractivity contribution in [2.45, 2.75) is 37.7 Å². The first-order valence-corrected chi connectivity index (χ1v) is 11.2. The van der Waals surface area contributed by atoms with Crippen LogP contribution in [-0.2, 0) is 4.79 Å². The van der Waals surface area contributed by atoms with Crippen molar-refractivity contribution in [3.05, 3.63) is 60.0 Å². The van der Waals surface area contributed by atoms with Gasteiger partial charge < -0.3 is 15.0 Å². The van der Waals surface area contributed by atoms with Gasteiger partial charge in [0.05, 0.1) is 11.7 Å². The molecule has 0 spiro atoms. The Morgan fingerprint density at radius 1 is 1.16 bits per heavy atom. The lowest BCUT2D eigenvalue weighted by atomic mass is 10.1. The van der Waals surface area contributed by atoms with E-state index in [0.29, 0.717) is 30.7 Å². The van der Waals surface area contributed by atoms with Crippen LogP contribution < -0.4 is 10.1 Å². The lowest BCUT2D eigenvalue weighted by Crippen LogP contribution is -2.41. The van der Waals surface area contributed by atoms with Crippen LogP contribution in [0.25, 0.3) is 10.9 Å². The third-order valence-corrected chi connectivity index (χ3v) is 6.33. The molecule has 0 atom stereocenters. The van der Waals surface area contributed by atoms with Gasteiger partial charge in [0, 0.05) is 48.1 Å². The second-order valence-electron chi connectivity index (χ2n) is 8.24. The van der Waals surface area contributed by atoms with E-state index in [9.17, 15) is 4.79 Å². The van der Waals surface area contributed by atoms with Crippen LogP contribution in [-0.4, -0.2) is 45.0 Å². The average Bonchev–Trinajstić information content (AvgIpc) is 3.66. The standard InChI is InChI=1S/C24H24ClN5O2/c1-2-23(31)30-9-7-17(8-10-30)32-22-12-19-21(13-26-22)27-14-28-24(19)29-16-5-6-20(25)18(11-16)15-3-4-15/h2,5-6,11-15,17H,1,3-4,7-10H2,(H,27,28,29). The lowest BCUT2D eigenvalue weighted by Gasteiger charge is -2.31. The van der Waals surface area contributed by atoms with Gasteiger partial charge in [-0.15, -0.1) is 0 Å². The first-order chi connectivity index (χ1) is 15.6. The molecule has 1 N–H and O–H groups in total. The molecule has 1 aliphatic carbocycles. The minimum atomic E-state index is -0.0350. The Balaban J connectivity index is 1.34. The molecule has 1 aromatic carbocycles. The van der Waals surface area contributed by atoms with E-state index in [1.165, 1.54) is 30.8 Å². The molecule has 5 rings (SSSR count). The van der Waals surface area contributed by atoms with Crippen LogP contribution in [0.15, 0.2) is 49.4 Å². The Kier molecular flexibility index (Phi) is 5.66. The number of carbonyl (C=O) groups is 1. The summed E-state index contributed by atoms with van der Waals surface area (Å²) < 4.78 is 6.13. The molecule has 1 saturated heterocycles. The fourth-order valence-electron chi connectivity index (χ4n) is 4.06. The van der Waals surface area contributed by atoms with E-state index in [0.717, 1.165) is 34.5 Å². The molecular formula is C24H24ClN5O2. The van der Waals surface area contributed by atoms with E-state index in [4.69, 9.17) is 16.3 Å². The molecule has 3 heterocycles. The lowest BCUT2D eigenvalue weighted by molar-refractivity contribution is -0.127. The Labute approximate surface area is 191 Å². The fraction of sp³-hybridized carbons (Fsp3) is 0.333. The summed E-state index contributed by atoms with van der Waals surface area (Å²) in [5, 5.41) is 5.05. The van der Waals surface area contributed by atoms with Crippen LogP contribution in [0.1, 0.15) is 37.2 Å². The first-order valence-electron chi connectivity index (χ1n) is 10.9. The van der Waals surface area contributed by atoms with E-state index in [2.05, 4.69) is 32.9 Å². The number of nitrogens with one attached hydrogen (secondary N) is 1. The smallest absolute Gasteiger partial charge is 0.245 e. The summed E-state index contributed by atoms with van der Waals surface area (Å²) in [6, 6.07) is 7.86. The molecule has 3 aromatic rings.